The summed E-state index contributed by atoms with van der Waals surface area (Å²) in [4.78, 5) is 12.9. The summed E-state index contributed by atoms with van der Waals surface area (Å²) < 4.78 is 5.35. The Balaban J connectivity index is 2.09. The maximum atomic E-state index is 12.2. The van der Waals surface area contributed by atoms with E-state index in [0.29, 0.717) is 10.6 Å². The van der Waals surface area contributed by atoms with Crippen molar-refractivity contribution in [3.63, 3.8) is 0 Å². The molecule has 3 nitrogen and oxygen atoms in total. The second-order valence-electron chi connectivity index (χ2n) is 4.45. The number of benzene rings is 1. The Morgan fingerprint density at radius 3 is 3.00 bits per heavy atom. The molecule has 0 spiro atoms. The summed E-state index contributed by atoms with van der Waals surface area (Å²) in [5, 5.41) is 3.42. The molecule has 1 aliphatic carbocycles. The SMILES string of the molecule is COC1CCCC1NC(=O)c1cc(S)ccc1Cl. The Bertz CT molecular complexity index is 453. The third kappa shape index (κ3) is 2.99. The van der Waals surface area contributed by atoms with Crippen LogP contribution >= 0.6 is 24.2 Å². The quantitative estimate of drug-likeness (QED) is 0.838. The van der Waals surface area contributed by atoms with E-state index in [2.05, 4.69) is 17.9 Å². The number of hydrogen-bond acceptors (Lipinski definition) is 3. The minimum Gasteiger partial charge on any atom is -0.379 e. The first-order valence-corrected chi connectivity index (χ1v) is 6.76. The lowest BCUT2D eigenvalue weighted by atomic mass is 10.1. The summed E-state index contributed by atoms with van der Waals surface area (Å²) in [6, 6.07) is 5.19. The van der Waals surface area contributed by atoms with Crippen molar-refractivity contribution in [1.82, 2.24) is 5.32 Å². The number of ether oxygens (including phenoxy) is 1. The van der Waals surface area contributed by atoms with E-state index in [0.717, 1.165) is 24.2 Å². The Labute approximate surface area is 117 Å². The van der Waals surface area contributed by atoms with Gasteiger partial charge in [0, 0.05) is 12.0 Å². The monoisotopic (exact) mass is 285 g/mol. The summed E-state index contributed by atoms with van der Waals surface area (Å²) in [6.45, 7) is 0. The van der Waals surface area contributed by atoms with Crippen molar-refractivity contribution in [3.05, 3.63) is 28.8 Å². The Morgan fingerprint density at radius 2 is 2.28 bits per heavy atom. The third-order valence-electron chi connectivity index (χ3n) is 3.27. The average Bonchev–Trinajstić information content (AvgIpc) is 2.79. The zero-order valence-electron chi connectivity index (χ0n) is 10.1. The molecule has 1 fully saturated rings. The molecule has 1 saturated carbocycles. The Morgan fingerprint density at radius 1 is 1.50 bits per heavy atom. The van der Waals surface area contributed by atoms with Crippen molar-refractivity contribution in [2.24, 2.45) is 0 Å². The molecule has 1 aromatic carbocycles. The molecule has 18 heavy (non-hydrogen) atoms. The highest BCUT2D eigenvalue weighted by molar-refractivity contribution is 7.80. The van der Waals surface area contributed by atoms with Gasteiger partial charge >= 0.3 is 0 Å². The van der Waals surface area contributed by atoms with E-state index in [1.165, 1.54) is 0 Å². The molecule has 1 N–H and O–H groups in total. The zero-order valence-corrected chi connectivity index (χ0v) is 11.8. The lowest BCUT2D eigenvalue weighted by molar-refractivity contribution is 0.0722. The van der Waals surface area contributed by atoms with Gasteiger partial charge in [-0.15, -0.1) is 12.6 Å². The largest absolute Gasteiger partial charge is 0.379 e. The highest BCUT2D eigenvalue weighted by Gasteiger charge is 2.29. The maximum Gasteiger partial charge on any atom is 0.253 e. The van der Waals surface area contributed by atoms with E-state index in [4.69, 9.17) is 16.3 Å². The molecule has 5 heteroatoms. The summed E-state index contributed by atoms with van der Waals surface area (Å²) in [5.41, 5.74) is 0.464. The third-order valence-corrected chi connectivity index (χ3v) is 3.87. The standard InChI is InChI=1S/C13H16ClNO2S/c1-17-12-4-2-3-11(12)15-13(16)9-7-8(18)5-6-10(9)14/h5-7,11-12,18H,2-4H2,1H3,(H,15,16). The average molecular weight is 286 g/mol. The molecular weight excluding hydrogens is 270 g/mol. The smallest absolute Gasteiger partial charge is 0.253 e. The molecule has 2 rings (SSSR count). The molecule has 0 heterocycles. The number of hydrogen-bond donors (Lipinski definition) is 2. The van der Waals surface area contributed by atoms with Gasteiger partial charge in [0.05, 0.1) is 22.7 Å². The Hall–Kier alpha value is -0.710. The van der Waals surface area contributed by atoms with Gasteiger partial charge in [0.15, 0.2) is 0 Å². The molecular formula is C13H16ClNO2S. The van der Waals surface area contributed by atoms with E-state index < -0.39 is 0 Å². The normalized spacial score (nSPS) is 23.1. The fourth-order valence-corrected chi connectivity index (χ4v) is 2.71. The molecule has 2 unspecified atom stereocenters. The van der Waals surface area contributed by atoms with Gasteiger partial charge in [0.2, 0.25) is 0 Å². The molecule has 1 aromatic rings. The van der Waals surface area contributed by atoms with E-state index in [-0.39, 0.29) is 18.1 Å². The van der Waals surface area contributed by atoms with Crippen molar-refractivity contribution >= 4 is 30.1 Å². The molecule has 0 radical (unpaired) electrons. The molecule has 1 amide bonds. The second-order valence-corrected chi connectivity index (χ2v) is 5.37. The van der Waals surface area contributed by atoms with E-state index in [1.807, 2.05) is 0 Å². The molecule has 0 aromatic heterocycles. The summed E-state index contributed by atoms with van der Waals surface area (Å²) in [6.07, 6.45) is 3.11. The molecule has 98 valence electrons. The Kier molecular flexibility index (Phi) is 4.54. The number of rotatable bonds is 3. The van der Waals surface area contributed by atoms with Crippen LogP contribution in [0.25, 0.3) is 0 Å². The van der Waals surface area contributed by atoms with Crippen LogP contribution in [0.15, 0.2) is 23.1 Å². The van der Waals surface area contributed by atoms with E-state index >= 15 is 0 Å². The zero-order chi connectivity index (χ0) is 13.1. The van der Waals surface area contributed by atoms with Crippen LogP contribution in [0, 0.1) is 0 Å². The van der Waals surface area contributed by atoms with Gasteiger partial charge in [-0.1, -0.05) is 11.6 Å². The number of carbonyl (C=O) groups excluding carboxylic acids is 1. The highest BCUT2D eigenvalue weighted by Crippen LogP contribution is 2.24. The molecule has 2 atom stereocenters. The fraction of sp³-hybridized carbons (Fsp3) is 0.462. The molecule has 1 aliphatic rings. The lowest BCUT2D eigenvalue weighted by Crippen LogP contribution is -2.40. The number of amides is 1. The molecule has 0 saturated heterocycles. The van der Waals surface area contributed by atoms with Gasteiger partial charge in [-0.05, 0) is 37.5 Å². The number of thiol groups is 1. The minimum atomic E-state index is -0.162. The van der Waals surface area contributed by atoms with Gasteiger partial charge in [-0.2, -0.15) is 0 Å². The van der Waals surface area contributed by atoms with Gasteiger partial charge in [0.1, 0.15) is 0 Å². The number of halogens is 1. The van der Waals surface area contributed by atoms with Crippen LogP contribution in [0.4, 0.5) is 0 Å². The first kappa shape index (κ1) is 13.7. The van der Waals surface area contributed by atoms with Crippen LogP contribution in [-0.4, -0.2) is 25.2 Å². The van der Waals surface area contributed by atoms with Gasteiger partial charge < -0.3 is 10.1 Å². The van der Waals surface area contributed by atoms with Crippen molar-refractivity contribution in [2.45, 2.75) is 36.3 Å². The molecule has 0 bridgehead atoms. The second kappa shape index (κ2) is 5.95. The number of methoxy groups -OCH3 is 1. The van der Waals surface area contributed by atoms with Crippen LogP contribution in [-0.2, 0) is 4.74 Å². The van der Waals surface area contributed by atoms with Gasteiger partial charge in [0.25, 0.3) is 5.91 Å². The van der Waals surface area contributed by atoms with E-state index in [9.17, 15) is 4.79 Å². The van der Waals surface area contributed by atoms with Crippen molar-refractivity contribution in [1.29, 1.82) is 0 Å². The van der Waals surface area contributed by atoms with Gasteiger partial charge in [-0.25, -0.2) is 0 Å². The summed E-state index contributed by atoms with van der Waals surface area (Å²) >= 11 is 10.2. The van der Waals surface area contributed by atoms with Crippen LogP contribution < -0.4 is 5.32 Å². The number of carbonyl (C=O) groups is 1. The topological polar surface area (TPSA) is 38.3 Å². The first-order valence-electron chi connectivity index (χ1n) is 5.94. The predicted octanol–water partition coefficient (Wildman–Crippen LogP) is 2.93. The van der Waals surface area contributed by atoms with Crippen molar-refractivity contribution < 1.29 is 9.53 Å². The first-order chi connectivity index (χ1) is 8.61. The van der Waals surface area contributed by atoms with Crippen LogP contribution in [0.5, 0.6) is 0 Å². The van der Waals surface area contributed by atoms with Crippen LogP contribution in [0.3, 0.4) is 0 Å². The van der Waals surface area contributed by atoms with Crippen LogP contribution in [0.2, 0.25) is 5.02 Å². The highest BCUT2D eigenvalue weighted by atomic mass is 35.5. The van der Waals surface area contributed by atoms with Crippen molar-refractivity contribution in [2.75, 3.05) is 7.11 Å². The number of nitrogens with one attached hydrogen (secondary N) is 1. The molecule has 0 aliphatic heterocycles. The minimum absolute atomic E-state index is 0.0714. The maximum absolute atomic E-state index is 12.2. The summed E-state index contributed by atoms with van der Waals surface area (Å²) in [7, 11) is 1.68. The van der Waals surface area contributed by atoms with E-state index in [1.54, 1.807) is 25.3 Å². The fourth-order valence-electron chi connectivity index (χ4n) is 2.31. The summed E-state index contributed by atoms with van der Waals surface area (Å²) in [5.74, 6) is -0.162. The van der Waals surface area contributed by atoms with Crippen LogP contribution in [0.1, 0.15) is 29.6 Å². The predicted molar refractivity (Wildman–Crippen MR) is 74.6 cm³/mol. The van der Waals surface area contributed by atoms with Crippen molar-refractivity contribution in [3.8, 4) is 0 Å². The lowest BCUT2D eigenvalue weighted by Gasteiger charge is -2.20. The van der Waals surface area contributed by atoms with Gasteiger partial charge in [-0.3, -0.25) is 4.79 Å².